The third-order valence-electron chi connectivity index (χ3n) is 5.14. The van der Waals surface area contributed by atoms with E-state index >= 15 is 0 Å². The van der Waals surface area contributed by atoms with E-state index in [9.17, 15) is 8.42 Å². The molecular formula is C21H34O3S. The highest BCUT2D eigenvalue weighted by Crippen LogP contribution is 2.24. The lowest BCUT2D eigenvalue weighted by Gasteiger charge is -2.13. The number of benzene rings is 1. The van der Waals surface area contributed by atoms with Crippen LogP contribution in [0.5, 0.6) is 5.75 Å². The van der Waals surface area contributed by atoms with Crippen LogP contribution in [0.2, 0.25) is 0 Å². The van der Waals surface area contributed by atoms with Gasteiger partial charge >= 0.3 is 0 Å². The van der Waals surface area contributed by atoms with Gasteiger partial charge < -0.3 is 4.74 Å². The molecule has 2 rings (SSSR count). The average molecular weight is 367 g/mol. The van der Waals surface area contributed by atoms with Gasteiger partial charge in [-0.1, -0.05) is 31.4 Å². The molecule has 1 saturated carbocycles. The summed E-state index contributed by atoms with van der Waals surface area (Å²) < 4.78 is 29.5. The Kier molecular flexibility index (Phi) is 8.28. The number of hydrogen-bond donors (Lipinski definition) is 0. The first kappa shape index (κ1) is 20.3. The predicted molar refractivity (Wildman–Crippen MR) is 105 cm³/mol. The third-order valence-corrected chi connectivity index (χ3v) is 7.44. The van der Waals surface area contributed by atoms with Gasteiger partial charge in [0.15, 0.2) is 9.84 Å². The molecule has 0 amide bonds. The maximum absolute atomic E-state index is 11.7. The van der Waals surface area contributed by atoms with Crippen molar-refractivity contribution >= 4 is 9.84 Å². The minimum atomic E-state index is -2.86. The Labute approximate surface area is 154 Å². The summed E-state index contributed by atoms with van der Waals surface area (Å²) >= 11 is 0. The Balaban J connectivity index is 1.56. The molecule has 0 saturated heterocycles. The molecule has 0 bridgehead atoms. The summed E-state index contributed by atoms with van der Waals surface area (Å²) in [6, 6.07) is 8.56. The van der Waals surface area contributed by atoms with Crippen molar-refractivity contribution in [2.45, 2.75) is 89.4 Å². The molecule has 1 aromatic rings. The van der Waals surface area contributed by atoms with Crippen LogP contribution >= 0.6 is 0 Å². The summed E-state index contributed by atoms with van der Waals surface area (Å²) in [5.41, 5.74) is 1.36. The van der Waals surface area contributed by atoms with Gasteiger partial charge in [0.1, 0.15) is 5.75 Å². The largest absolute Gasteiger partial charge is 0.490 e. The monoisotopic (exact) mass is 366 g/mol. The van der Waals surface area contributed by atoms with Crippen LogP contribution in [-0.4, -0.2) is 25.5 Å². The van der Waals surface area contributed by atoms with Crippen molar-refractivity contribution in [1.82, 2.24) is 0 Å². The first-order valence-corrected chi connectivity index (χ1v) is 11.7. The molecule has 0 aromatic heterocycles. The highest BCUT2D eigenvalue weighted by atomic mass is 32.2. The van der Waals surface area contributed by atoms with Gasteiger partial charge in [-0.3, -0.25) is 0 Å². The maximum Gasteiger partial charge on any atom is 0.152 e. The van der Waals surface area contributed by atoms with Gasteiger partial charge in [-0.05, 0) is 76.5 Å². The quantitative estimate of drug-likeness (QED) is 0.498. The van der Waals surface area contributed by atoms with Crippen molar-refractivity contribution in [2.24, 2.45) is 0 Å². The summed E-state index contributed by atoms with van der Waals surface area (Å²) in [5, 5.41) is -0.242. The molecule has 0 heterocycles. The zero-order valence-electron chi connectivity index (χ0n) is 15.9. The molecule has 0 atom stereocenters. The lowest BCUT2D eigenvalue weighted by Crippen LogP contribution is -2.17. The minimum absolute atomic E-state index is 0.242. The van der Waals surface area contributed by atoms with Crippen LogP contribution in [-0.2, 0) is 16.3 Å². The van der Waals surface area contributed by atoms with Crippen LogP contribution in [0.3, 0.4) is 0 Å². The zero-order valence-corrected chi connectivity index (χ0v) is 16.7. The van der Waals surface area contributed by atoms with E-state index in [1.165, 1.54) is 44.1 Å². The first-order valence-electron chi connectivity index (χ1n) is 9.94. The summed E-state index contributed by atoms with van der Waals surface area (Å²) in [6.07, 6.45) is 11.8. The summed E-state index contributed by atoms with van der Waals surface area (Å²) in [5.74, 6) is 1.34. The van der Waals surface area contributed by atoms with Crippen molar-refractivity contribution in [3.8, 4) is 5.75 Å². The molecule has 0 unspecified atom stereocenters. The smallest absolute Gasteiger partial charge is 0.152 e. The lowest BCUT2D eigenvalue weighted by atomic mass is 10.1. The molecule has 25 heavy (non-hydrogen) atoms. The topological polar surface area (TPSA) is 43.4 Å². The van der Waals surface area contributed by atoms with E-state index in [4.69, 9.17) is 4.74 Å². The van der Waals surface area contributed by atoms with E-state index in [0.717, 1.165) is 31.4 Å². The van der Waals surface area contributed by atoms with Crippen molar-refractivity contribution in [3.63, 3.8) is 0 Å². The van der Waals surface area contributed by atoms with E-state index in [1.807, 2.05) is 0 Å². The number of sulfone groups is 1. The van der Waals surface area contributed by atoms with Crippen molar-refractivity contribution in [3.05, 3.63) is 29.8 Å². The highest BCUT2D eigenvalue weighted by Gasteiger charge is 2.16. The fourth-order valence-electron chi connectivity index (χ4n) is 3.33. The molecule has 3 nitrogen and oxygen atoms in total. The first-order chi connectivity index (χ1) is 12.0. The van der Waals surface area contributed by atoms with Crippen LogP contribution < -0.4 is 4.74 Å². The van der Waals surface area contributed by atoms with Gasteiger partial charge in [-0.25, -0.2) is 8.42 Å². The Bertz CT molecular complexity index is 584. The molecule has 1 aliphatic rings. The molecule has 1 fully saturated rings. The van der Waals surface area contributed by atoms with E-state index in [0.29, 0.717) is 11.9 Å². The molecule has 1 aliphatic carbocycles. The second-order valence-electron chi connectivity index (χ2n) is 7.60. The SMILES string of the molecule is CC(C)S(=O)(=O)CCCCCCCc1ccc(OC2CCCC2)cc1. The Morgan fingerprint density at radius 2 is 1.56 bits per heavy atom. The normalized spacial score (nSPS) is 15.8. The zero-order chi connectivity index (χ0) is 18.1. The third kappa shape index (κ3) is 7.39. The van der Waals surface area contributed by atoms with Crippen LogP contribution in [0.15, 0.2) is 24.3 Å². The fraction of sp³-hybridized carbons (Fsp3) is 0.714. The van der Waals surface area contributed by atoms with Gasteiger partial charge in [-0.15, -0.1) is 0 Å². The van der Waals surface area contributed by atoms with Gasteiger partial charge in [0, 0.05) is 0 Å². The van der Waals surface area contributed by atoms with E-state index in [2.05, 4.69) is 24.3 Å². The van der Waals surface area contributed by atoms with Crippen LogP contribution in [0.4, 0.5) is 0 Å². The van der Waals surface area contributed by atoms with Gasteiger partial charge in [0.05, 0.1) is 17.1 Å². The highest BCUT2D eigenvalue weighted by molar-refractivity contribution is 7.91. The molecule has 0 spiro atoms. The van der Waals surface area contributed by atoms with Crippen LogP contribution in [0.1, 0.15) is 77.2 Å². The van der Waals surface area contributed by atoms with Crippen LogP contribution in [0, 0.1) is 0 Å². The van der Waals surface area contributed by atoms with E-state index < -0.39 is 9.84 Å². The maximum atomic E-state index is 11.7. The number of unbranched alkanes of at least 4 members (excludes halogenated alkanes) is 4. The van der Waals surface area contributed by atoms with Crippen molar-refractivity contribution < 1.29 is 13.2 Å². The van der Waals surface area contributed by atoms with Gasteiger partial charge in [0.2, 0.25) is 0 Å². The Hall–Kier alpha value is -1.03. The molecule has 0 N–H and O–H groups in total. The Morgan fingerprint density at radius 3 is 2.20 bits per heavy atom. The summed E-state index contributed by atoms with van der Waals surface area (Å²) in [6.45, 7) is 3.53. The van der Waals surface area contributed by atoms with Gasteiger partial charge in [0.25, 0.3) is 0 Å². The predicted octanol–water partition coefficient (Wildman–Crippen LogP) is 5.32. The average Bonchev–Trinajstić information content (AvgIpc) is 3.08. The molecule has 4 heteroatoms. The second-order valence-corrected chi connectivity index (χ2v) is 10.3. The number of hydrogen-bond acceptors (Lipinski definition) is 3. The van der Waals surface area contributed by atoms with E-state index in [-0.39, 0.29) is 5.25 Å². The number of aryl methyl sites for hydroxylation is 1. The van der Waals surface area contributed by atoms with Gasteiger partial charge in [-0.2, -0.15) is 0 Å². The van der Waals surface area contributed by atoms with Crippen molar-refractivity contribution in [1.29, 1.82) is 0 Å². The molecule has 0 aliphatic heterocycles. The minimum Gasteiger partial charge on any atom is -0.490 e. The van der Waals surface area contributed by atoms with Crippen LogP contribution in [0.25, 0.3) is 0 Å². The van der Waals surface area contributed by atoms with E-state index in [1.54, 1.807) is 13.8 Å². The molecule has 0 radical (unpaired) electrons. The summed E-state index contributed by atoms with van der Waals surface area (Å²) in [4.78, 5) is 0. The standard InChI is InChI=1S/C21H34O3S/c1-18(2)25(22,23)17-9-5-3-4-6-10-19-13-15-21(16-14-19)24-20-11-7-8-12-20/h13-16,18,20H,3-12,17H2,1-2H3. The number of rotatable bonds is 11. The van der Waals surface area contributed by atoms with Crippen molar-refractivity contribution in [2.75, 3.05) is 5.75 Å². The molecule has 1 aromatic carbocycles. The molecule has 142 valence electrons. The summed E-state index contributed by atoms with van der Waals surface area (Å²) in [7, 11) is -2.86. The molecular weight excluding hydrogens is 332 g/mol. The lowest BCUT2D eigenvalue weighted by molar-refractivity contribution is 0.210. The Morgan fingerprint density at radius 1 is 0.960 bits per heavy atom. The second kappa shape index (κ2) is 10.2. The number of ether oxygens (including phenoxy) is 1. The fourth-order valence-corrected chi connectivity index (χ4v) is 4.41.